The fourth-order valence-corrected chi connectivity index (χ4v) is 2.53. The van der Waals surface area contributed by atoms with Crippen molar-refractivity contribution in [1.29, 1.82) is 0 Å². The predicted octanol–water partition coefficient (Wildman–Crippen LogP) is 3.13. The highest BCUT2D eigenvalue weighted by Gasteiger charge is 2.40. The quantitative estimate of drug-likeness (QED) is 0.837. The highest BCUT2D eigenvalue weighted by atomic mass is 35.5. The molecule has 0 radical (unpaired) electrons. The van der Waals surface area contributed by atoms with Crippen LogP contribution in [0.15, 0.2) is 47.1 Å². The molecule has 1 unspecified atom stereocenters. The molecule has 2 rings (SSSR count). The maximum Gasteiger partial charge on any atom is 0.334 e. The molecule has 1 aliphatic rings. The van der Waals surface area contributed by atoms with E-state index in [0.29, 0.717) is 17.1 Å². The molecule has 2 N–H and O–H groups in total. The van der Waals surface area contributed by atoms with Crippen molar-refractivity contribution in [1.82, 2.24) is 5.32 Å². The zero-order chi connectivity index (χ0) is 14.0. The standard InChI is InChI=1S/C14H13ClFNO2/c1-2-14(9-3-5-10(16)6-4-9)11(13(18)19)7-8-12(15)17-14/h3-8,17H,2H2,1H3,(H,18,19). The lowest BCUT2D eigenvalue weighted by Crippen LogP contribution is -2.46. The van der Waals surface area contributed by atoms with Crippen LogP contribution in [0.25, 0.3) is 0 Å². The summed E-state index contributed by atoms with van der Waals surface area (Å²) in [5.74, 6) is -1.40. The van der Waals surface area contributed by atoms with Gasteiger partial charge in [-0.15, -0.1) is 0 Å². The maximum absolute atomic E-state index is 13.0. The average molecular weight is 282 g/mol. The van der Waals surface area contributed by atoms with Crippen molar-refractivity contribution < 1.29 is 14.3 Å². The summed E-state index contributed by atoms with van der Waals surface area (Å²) in [6.07, 6.45) is 3.46. The first-order valence-electron chi connectivity index (χ1n) is 5.85. The molecular formula is C14H13ClFNO2. The first-order chi connectivity index (χ1) is 8.99. The summed E-state index contributed by atoms with van der Waals surface area (Å²) in [4.78, 5) is 11.4. The van der Waals surface area contributed by atoms with E-state index in [1.807, 2.05) is 6.92 Å². The molecule has 0 saturated heterocycles. The number of aliphatic carboxylic acids is 1. The van der Waals surface area contributed by atoms with E-state index in [-0.39, 0.29) is 11.4 Å². The van der Waals surface area contributed by atoms with Gasteiger partial charge in [-0.25, -0.2) is 9.18 Å². The molecule has 0 fully saturated rings. The van der Waals surface area contributed by atoms with E-state index in [2.05, 4.69) is 5.32 Å². The van der Waals surface area contributed by atoms with Crippen LogP contribution in [0.5, 0.6) is 0 Å². The Labute approximate surface area is 115 Å². The summed E-state index contributed by atoms with van der Waals surface area (Å²) in [6.45, 7) is 1.85. The Morgan fingerprint density at radius 3 is 2.53 bits per heavy atom. The number of hydrogen-bond donors (Lipinski definition) is 2. The summed E-state index contributed by atoms with van der Waals surface area (Å²) in [5.41, 5.74) is -0.0898. The van der Waals surface area contributed by atoms with Gasteiger partial charge >= 0.3 is 5.97 Å². The van der Waals surface area contributed by atoms with E-state index in [9.17, 15) is 14.3 Å². The van der Waals surface area contributed by atoms with E-state index >= 15 is 0 Å². The van der Waals surface area contributed by atoms with E-state index in [4.69, 9.17) is 11.6 Å². The van der Waals surface area contributed by atoms with E-state index in [1.54, 1.807) is 12.1 Å². The molecule has 0 aliphatic carbocycles. The highest BCUT2D eigenvalue weighted by molar-refractivity contribution is 6.29. The first kappa shape index (κ1) is 13.6. The predicted molar refractivity (Wildman–Crippen MR) is 71.2 cm³/mol. The molecule has 3 nitrogen and oxygen atoms in total. The van der Waals surface area contributed by atoms with Gasteiger partial charge in [0.05, 0.1) is 11.1 Å². The number of dihydropyridines is 1. The van der Waals surface area contributed by atoms with E-state index in [0.717, 1.165) is 0 Å². The highest BCUT2D eigenvalue weighted by Crippen LogP contribution is 2.37. The van der Waals surface area contributed by atoms with Gasteiger partial charge in [-0.2, -0.15) is 0 Å². The number of halogens is 2. The fourth-order valence-electron chi connectivity index (χ4n) is 2.31. The zero-order valence-electron chi connectivity index (χ0n) is 10.3. The molecule has 0 bridgehead atoms. The van der Waals surface area contributed by atoms with Crippen LogP contribution in [0.1, 0.15) is 18.9 Å². The Bertz CT molecular complexity index is 565. The van der Waals surface area contributed by atoms with Crippen molar-refractivity contribution in [2.45, 2.75) is 18.9 Å². The topological polar surface area (TPSA) is 49.3 Å². The number of carbonyl (C=O) groups is 1. The molecule has 0 amide bonds. The number of hydrogen-bond acceptors (Lipinski definition) is 2. The van der Waals surface area contributed by atoms with Gasteiger partial charge < -0.3 is 10.4 Å². The molecule has 1 atom stereocenters. The second kappa shape index (κ2) is 5.05. The monoisotopic (exact) mass is 281 g/mol. The van der Waals surface area contributed by atoms with Gasteiger partial charge in [-0.3, -0.25) is 0 Å². The Kier molecular flexibility index (Phi) is 3.62. The summed E-state index contributed by atoms with van der Waals surface area (Å²) in [7, 11) is 0. The second-order valence-electron chi connectivity index (χ2n) is 4.29. The smallest absolute Gasteiger partial charge is 0.334 e. The van der Waals surface area contributed by atoms with Crippen molar-refractivity contribution >= 4 is 17.6 Å². The molecule has 5 heteroatoms. The molecule has 1 aromatic carbocycles. The number of allylic oxidation sites excluding steroid dienone is 2. The lowest BCUT2D eigenvalue weighted by atomic mass is 9.79. The molecular weight excluding hydrogens is 269 g/mol. The Morgan fingerprint density at radius 1 is 1.37 bits per heavy atom. The minimum atomic E-state index is -1.03. The largest absolute Gasteiger partial charge is 0.478 e. The first-order valence-corrected chi connectivity index (χ1v) is 6.23. The minimum absolute atomic E-state index is 0.186. The molecule has 0 saturated carbocycles. The summed E-state index contributed by atoms with van der Waals surface area (Å²) < 4.78 is 13.0. The molecule has 1 aromatic rings. The summed E-state index contributed by atoms with van der Waals surface area (Å²) in [5, 5.41) is 12.7. The van der Waals surface area contributed by atoms with E-state index < -0.39 is 11.5 Å². The third kappa shape index (κ3) is 2.36. The van der Waals surface area contributed by atoms with Crippen molar-refractivity contribution in [2.24, 2.45) is 0 Å². The van der Waals surface area contributed by atoms with Gasteiger partial charge in [0, 0.05) is 0 Å². The molecule has 100 valence electrons. The third-order valence-corrected chi connectivity index (χ3v) is 3.51. The van der Waals surface area contributed by atoms with Crippen LogP contribution in [0, 0.1) is 5.82 Å². The average Bonchev–Trinajstić information content (AvgIpc) is 2.38. The van der Waals surface area contributed by atoms with Gasteiger partial charge in [0.1, 0.15) is 11.0 Å². The fraction of sp³-hybridized carbons (Fsp3) is 0.214. The van der Waals surface area contributed by atoms with Crippen molar-refractivity contribution in [2.75, 3.05) is 0 Å². The molecule has 1 heterocycles. The molecule has 1 aliphatic heterocycles. The molecule has 0 aromatic heterocycles. The SMILES string of the molecule is CCC1(c2ccc(F)cc2)NC(Cl)=CC=C1C(=O)O. The van der Waals surface area contributed by atoms with Gasteiger partial charge in [0.2, 0.25) is 0 Å². The van der Waals surface area contributed by atoms with Gasteiger partial charge in [-0.05, 0) is 36.3 Å². The number of rotatable bonds is 3. The molecule has 19 heavy (non-hydrogen) atoms. The van der Waals surface area contributed by atoms with Crippen LogP contribution in [0.4, 0.5) is 4.39 Å². The second-order valence-corrected chi connectivity index (χ2v) is 4.70. The van der Waals surface area contributed by atoms with Gasteiger partial charge in [0.15, 0.2) is 0 Å². The Morgan fingerprint density at radius 2 is 2.00 bits per heavy atom. The lowest BCUT2D eigenvalue weighted by molar-refractivity contribution is -0.133. The van der Waals surface area contributed by atoms with E-state index in [1.165, 1.54) is 24.3 Å². The zero-order valence-corrected chi connectivity index (χ0v) is 11.0. The van der Waals surface area contributed by atoms with Crippen LogP contribution in [-0.4, -0.2) is 11.1 Å². The summed E-state index contributed by atoms with van der Waals surface area (Å²) >= 11 is 5.97. The number of carboxylic acids is 1. The number of carboxylic acid groups (broad SMARTS) is 1. The lowest BCUT2D eigenvalue weighted by Gasteiger charge is -2.37. The van der Waals surface area contributed by atoms with Crippen LogP contribution in [-0.2, 0) is 10.3 Å². The normalized spacial score (nSPS) is 22.3. The van der Waals surface area contributed by atoms with Crippen LogP contribution in [0.2, 0.25) is 0 Å². The van der Waals surface area contributed by atoms with Crippen molar-refractivity contribution in [3.63, 3.8) is 0 Å². The Balaban J connectivity index is 2.58. The number of nitrogens with one attached hydrogen (secondary N) is 1. The van der Waals surface area contributed by atoms with Crippen LogP contribution < -0.4 is 5.32 Å². The third-order valence-electron chi connectivity index (χ3n) is 3.29. The van der Waals surface area contributed by atoms with Crippen LogP contribution >= 0.6 is 11.6 Å². The molecule has 0 spiro atoms. The number of benzene rings is 1. The minimum Gasteiger partial charge on any atom is -0.478 e. The Hall–Kier alpha value is -1.81. The van der Waals surface area contributed by atoms with Crippen molar-refractivity contribution in [3.8, 4) is 0 Å². The van der Waals surface area contributed by atoms with Crippen LogP contribution in [0.3, 0.4) is 0 Å². The van der Waals surface area contributed by atoms with Gasteiger partial charge in [-0.1, -0.05) is 30.7 Å². The van der Waals surface area contributed by atoms with Gasteiger partial charge in [0.25, 0.3) is 0 Å². The van der Waals surface area contributed by atoms with Crippen molar-refractivity contribution in [3.05, 3.63) is 58.5 Å². The summed E-state index contributed by atoms with van der Waals surface area (Å²) in [6, 6.07) is 5.75. The maximum atomic E-state index is 13.0.